The number of carbonyl (C=O) groups excluding carboxylic acids is 2. The van der Waals surface area contributed by atoms with E-state index in [1.54, 1.807) is 68.4 Å². The van der Waals surface area contributed by atoms with Gasteiger partial charge in [0, 0.05) is 102 Å². The highest BCUT2D eigenvalue weighted by Crippen LogP contribution is 2.01. The normalized spacial score (nSPS) is 8.77. The van der Waals surface area contributed by atoms with Crippen molar-refractivity contribution >= 4 is 23.8 Å². The van der Waals surface area contributed by atoms with Crippen molar-refractivity contribution < 1.29 is 57.8 Å². The van der Waals surface area contributed by atoms with Crippen LogP contribution in [0.1, 0.15) is 257 Å². The van der Waals surface area contributed by atoms with Gasteiger partial charge in [-0.25, -0.2) is 0 Å². The number of rotatable bonds is 27. The molecule has 614 valence electrons. The molecule has 0 heterocycles. The molecule has 2 aromatic carbocycles. The van der Waals surface area contributed by atoms with E-state index in [1.807, 2.05) is 136 Å². The minimum Gasteiger partial charge on any atom is -0.481 e. The number of ether oxygens (including phenoxy) is 6. The third-order valence-corrected chi connectivity index (χ3v) is 10.5. The van der Waals surface area contributed by atoms with Crippen LogP contribution in [0, 0.1) is 26.2 Å². The number of aliphatic carboxylic acids is 2. The fourth-order valence-corrected chi connectivity index (χ4v) is 4.57. The second kappa shape index (κ2) is 154. The van der Waals surface area contributed by atoms with Gasteiger partial charge in [-0.15, -0.1) is 12.3 Å². The van der Waals surface area contributed by atoms with Crippen LogP contribution < -0.4 is 16.8 Å². The first-order valence-electron chi connectivity index (χ1n) is 37.2. The van der Waals surface area contributed by atoms with Gasteiger partial charge < -0.3 is 70.1 Å². The molecule has 2 amide bonds. The summed E-state index contributed by atoms with van der Waals surface area (Å²) >= 11 is 0. The molecule has 0 radical (unpaired) electrons. The Morgan fingerprint density at radius 3 is 0.971 bits per heavy atom. The summed E-state index contributed by atoms with van der Waals surface area (Å²) in [4.78, 5) is 44.4. The van der Waals surface area contributed by atoms with Crippen molar-refractivity contribution in [3.63, 3.8) is 0 Å². The first kappa shape index (κ1) is 136. The number of allylic oxidation sites excluding steroid dienone is 5. The predicted octanol–water partition coefficient (Wildman–Crippen LogP) is 19.8. The Hall–Kier alpha value is -5.30. The molecule has 0 fully saturated rings. The van der Waals surface area contributed by atoms with Crippen LogP contribution in [0.5, 0.6) is 0 Å². The number of hydrogen-bond donors (Lipinski definition) is 5. The van der Waals surface area contributed by atoms with Gasteiger partial charge in [-0.2, -0.15) is 0 Å². The molecule has 0 aromatic heterocycles. The number of carboxylic acids is 2. The lowest BCUT2D eigenvalue weighted by molar-refractivity contribution is -0.137. The topological polar surface area (TPSA) is 238 Å². The SMILES string of the molecule is C#CCCCC.C/C=C/C.C/C=C/C.C/C=C/COC.CC(=O)O.CCC(=O)N(C)C.CCC(=O)O.CCC(N)=O.CCCCCC.CCCCCCC.CCCOCCC.CCN(CC)CC.CN(C)C.CNC.COCCOC.COCOC.Cc1ccc(CN)cc1.Cc1ccccc1. The zero-order valence-corrected chi connectivity index (χ0v) is 73.3. The number of nitrogens with zero attached hydrogens (tertiary/aromatic N) is 3. The van der Waals surface area contributed by atoms with Crippen LogP contribution in [0.15, 0.2) is 91.1 Å². The quantitative estimate of drug-likeness (QED) is 0.0242. The standard InChI is InChI=1S/C8H11N.C7H8.C7H16.C6H15N.C6H14O.C6H14.C6H10.C5H11NO.C5H10O.C4H10O2.2C4H8.C3H7NO.C3H9N.C3H8O2.C3H6O2.C2H7N.C2H4O2/c1-7-2-4-8(6-9)5-3-7;1-7-5-3-2-4-6-7;1-3-5-7-6-4-2;1-4-7(5-2)6-3;1-3-5-7-6-4-2;2*1-3-5-6-4-2;1-4-5(7)6(2)3;1-3-4-5-6-2;1-5-3-4-6-2;2*1-3-4-2;1-2-3(4)5;1-4(2)3;1-4-3-5-2;1-2-3(4)5;1-3-2;1-2(3)4/h2-5H,6,9H2,1H3;2-6H,1H3;3-7H2,1-2H3;4-6H2,1-3H3;3-6H2,1-2H3;3-6H2,1-2H3;1H,4-6H2,2H3;4H2,1-3H3;3-4H,5H2,1-2H3;3-4H2,1-2H3;2*3-4H,1-2H3;2H2,1H3,(H2,4,5);1-3H3;3H2,1-2H3;2H2,1H3,(H,4,5);3H,1-2H3;1H3,(H,3,4)/b;;;;;;;;4-3+;;2*4-3+;;;;;;. The van der Waals surface area contributed by atoms with Crippen LogP contribution in [-0.2, 0) is 54.1 Å². The molecule has 0 saturated carbocycles. The van der Waals surface area contributed by atoms with E-state index in [9.17, 15) is 14.4 Å². The molecule has 0 aliphatic heterocycles. The number of terminal acetylenes is 1. The molecule has 0 spiro atoms. The summed E-state index contributed by atoms with van der Waals surface area (Å²) in [6.07, 6.45) is 36.3. The molecule has 7 N–H and O–H groups in total. The van der Waals surface area contributed by atoms with Crippen molar-refractivity contribution in [3.8, 4) is 12.3 Å². The van der Waals surface area contributed by atoms with Crippen molar-refractivity contribution in [2.75, 3.05) is 144 Å². The fraction of sp³-hybridized carbons (Fsp3) is 0.714. The molecule has 18 nitrogen and oxygen atoms in total. The zero-order chi connectivity index (χ0) is 83.1. The van der Waals surface area contributed by atoms with Crippen molar-refractivity contribution in [1.82, 2.24) is 20.0 Å². The van der Waals surface area contributed by atoms with Crippen molar-refractivity contribution in [2.24, 2.45) is 11.5 Å². The van der Waals surface area contributed by atoms with Crippen LogP contribution in [0.3, 0.4) is 0 Å². The molecule has 2 rings (SSSR count). The number of unbranched alkanes of at least 4 members (excludes halogenated alkanes) is 9. The Bertz CT molecular complexity index is 1700. The minimum atomic E-state index is -0.833. The third kappa shape index (κ3) is 278. The number of primary amides is 1. The largest absolute Gasteiger partial charge is 0.481 e. The van der Waals surface area contributed by atoms with Crippen LogP contribution in [0.25, 0.3) is 0 Å². The maximum Gasteiger partial charge on any atom is 0.303 e. The number of aryl methyl sites for hydroxylation is 2. The number of nitrogens with two attached hydrogens (primary N) is 2. The Labute approximate surface area is 635 Å². The van der Waals surface area contributed by atoms with E-state index >= 15 is 0 Å². The maximum atomic E-state index is 10.4. The van der Waals surface area contributed by atoms with E-state index in [2.05, 4.69) is 160 Å². The maximum absolute atomic E-state index is 10.4. The lowest BCUT2D eigenvalue weighted by Crippen LogP contribution is -2.21. The summed E-state index contributed by atoms with van der Waals surface area (Å²) in [5.41, 5.74) is 13.9. The van der Waals surface area contributed by atoms with Gasteiger partial charge in [0.05, 0.1) is 19.8 Å². The number of amides is 2. The van der Waals surface area contributed by atoms with Gasteiger partial charge in [0.1, 0.15) is 6.79 Å². The Kier molecular flexibility index (Phi) is 205. The third-order valence-electron chi connectivity index (χ3n) is 10.5. The average Bonchev–Trinajstić information content (AvgIpc) is 0.959. The number of nitrogens with one attached hydrogen (secondary N) is 1. The van der Waals surface area contributed by atoms with Gasteiger partial charge in [0.25, 0.3) is 5.97 Å². The van der Waals surface area contributed by atoms with E-state index in [4.69, 9.17) is 36.6 Å². The van der Waals surface area contributed by atoms with Gasteiger partial charge >= 0.3 is 5.97 Å². The number of carbonyl (C=O) groups is 4. The van der Waals surface area contributed by atoms with Gasteiger partial charge in [-0.05, 0) is 128 Å². The molecular formula is C84H176N6O12. The highest BCUT2D eigenvalue weighted by Gasteiger charge is 1.95. The summed E-state index contributed by atoms with van der Waals surface area (Å²) in [6.45, 7) is 50.8. The van der Waals surface area contributed by atoms with Crippen LogP contribution in [-0.4, -0.2) is 193 Å². The lowest BCUT2D eigenvalue weighted by Gasteiger charge is -2.13. The predicted molar refractivity (Wildman–Crippen MR) is 452 cm³/mol. The summed E-state index contributed by atoms with van der Waals surface area (Å²) in [7, 11) is 21.4. The fourth-order valence-electron chi connectivity index (χ4n) is 4.57. The van der Waals surface area contributed by atoms with Gasteiger partial charge in [-0.3, -0.25) is 19.2 Å². The van der Waals surface area contributed by atoms with Crippen LogP contribution in [0.2, 0.25) is 0 Å². The molecule has 18 heteroatoms. The monoisotopic (exact) mass is 1460 g/mol. The van der Waals surface area contributed by atoms with E-state index in [1.165, 1.54) is 107 Å². The highest BCUT2D eigenvalue weighted by molar-refractivity contribution is 5.75. The summed E-state index contributed by atoms with van der Waals surface area (Å²) < 4.78 is 28.1. The van der Waals surface area contributed by atoms with Crippen molar-refractivity contribution in [2.45, 2.75) is 261 Å². The zero-order valence-electron chi connectivity index (χ0n) is 73.3. The number of benzene rings is 2. The first-order valence-corrected chi connectivity index (χ1v) is 37.2. The molecule has 0 aliphatic carbocycles. The lowest BCUT2D eigenvalue weighted by atomic mass is 10.2. The van der Waals surface area contributed by atoms with E-state index in [0.717, 1.165) is 46.0 Å². The Balaban J connectivity index is -0.0000000551. The summed E-state index contributed by atoms with van der Waals surface area (Å²) in [5.74, 6) is 0.925. The molecule has 0 unspecified atom stereocenters. The second-order valence-electron chi connectivity index (χ2n) is 21.8. The summed E-state index contributed by atoms with van der Waals surface area (Å²) in [6, 6.07) is 18.5. The van der Waals surface area contributed by atoms with Crippen molar-refractivity contribution in [1.29, 1.82) is 0 Å². The smallest absolute Gasteiger partial charge is 0.303 e. The van der Waals surface area contributed by atoms with E-state index < -0.39 is 11.9 Å². The average molecular weight is 1460 g/mol. The second-order valence-corrected chi connectivity index (χ2v) is 21.8. The molecule has 0 aliphatic rings. The van der Waals surface area contributed by atoms with Gasteiger partial charge in [0.2, 0.25) is 11.8 Å². The highest BCUT2D eigenvalue weighted by atomic mass is 16.6. The first-order chi connectivity index (χ1) is 48.4. The summed E-state index contributed by atoms with van der Waals surface area (Å²) in [5, 5.41) is 17.9. The number of hydrogen-bond acceptors (Lipinski definition) is 14. The number of methoxy groups -OCH3 is 5. The van der Waals surface area contributed by atoms with E-state index in [-0.39, 0.29) is 18.2 Å². The number of carboxylic acid groups (broad SMARTS) is 2. The molecule has 2 aromatic rings. The van der Waals surface area contributed by atoms with E-state index in [0.29, 0.717) is 39.4 Å². The molecule has 0 bridgehead atoms. The van der Waals surface area contributed by atoms with Crippen LogP contribution in [0.4, 0.5) is 0 Å². The van der Waals surface area contributed by atoms with Crippen LogP contribution >= 0.6 is 0 Å². The van der Waals surface area contributed by atoms with Gasteiger partial charge in [0.15, 0.2) is 0 Å². The Morgan fingerprint density at radius 2 is 0.833 bits per heavy atom. The Morgan fingerprint density at radius 1 is 0.510 bits per heavy atom. The molecular weight excluding hydrogens is 1280 g/mol. The molecule has 0 atom stereocenters. The molecule has 0 saturated heterocycles. The van der Waals surface area contributed by atoms with Crippen molar-refractivity contribution in [3.05, 3.63) is 108 Å². The molecule has 102 heavy (non-hydrogen) atoms. The van der Waals surface area contributed by atoms with Gasteiger partial charge in [-0.1, -0.05) is 256 Å². The minimum absolute atomic E-state index is 0.181.